The molecule has 16 heavy (non-hydrogen) atoms. The van der Waals surface area contributed by atoms with Crippen LogP contribution < -0.4 is 5.32 Å². The zero-order valence-corrected chi connectivity index (χ0v) is 9.21. The van der Waals surface area contributed by atoms with E-state index in [9.17, 15) is 5.11 Å². The normalized spacial score (nSPS) is 17.6. The number of nitrogens with one attached hydrogen (secondary N) is 1. The molecule has 1 aliphatic rings. The summed E-state index contributed by atoms with van der Waals surface area (Å²) in [5, 5.41) is 29.3. The predicted octanol–water partition coefficient (Wildman–Crippen LogP) is -0.869. The third-order valence-corrected chi connectivity index (χ3v) is 2.74. The zero-order chi connectivity index (χ0) is 11.4. The molecule has 0 bridgehead atoms. The molecule has 1 aliphatic carbocycles. The second-order valence-electron chi connectivity index (χ2n) is 4.23. The third kappa shape index (κ3) is 3.26. The molecule has 1 unspecified atom stereocenters. The summed E-state index contributed by atoms with van der Waals surface area (Å²) in [6.45, 7) is 1.75. The highest BCUT2D eigenvalue weighted by Crippen LogP contribution is 2.32. The van der Waals surface area contributed by atoms with E-state index in [0.717, 1.165) is 18.5 Å². The Morgan fingerprint density at radius 3 is 3.06 bits per heavy atom. The van der Waals surface area contributed by atoms with Crippen LogP contribution in [0.25, 0.3) is 0 Å². The molecule has 1 fully saturated rings. The molecule has 0 amide bonds. The summed E-state index contributed by atoms with van der Waals surface area (Å²) in [6, 6.07) is 0. The quantitative estimate of drug-likeness (QED) is 0.563. The van der Waals surface area contributed by atoms with Crippen LogP contribution in [0.4, 0.5) is 0 Å². The molecule has 3 N–H and O–H groups in total. The summed E-state index contributed by atoms with van der Waals surface area (Å²) in [5.74, 6) is 0.498. The van der Waals surface area contributed by atoms with Crippen molar-refractivity contribution in [1.29, 1.82) is 0 Å². The number of rotatable bonds is 7. The van der Waals surface area contributed by atoms with Crippen molar-refractivity contribution in [3.8, 4) is 0 Å². The monoisotopic (exact) mass is 226 g/mol. The predicted molar refractivity (Wildman–Crippen MR) is 57.5 cm³/mol. The summed E-state index contributed by atoms with van der Waals surface area (Å²) in [5.41, 5.74) is 0.830. The second-order valence-corrected chi connectivity index (χ2v) is 4.23. The number of hydrogen-bond acceptors (Lipinski definition) is 5. The van der Waals surface area contributed by atoms with Gasteiger partial charge in [-0.3, -0.25) is 0 Å². The average molecular weight is 226 g/mol. The van der Waals surface area contributed by atoms with Crippen LogP contribution in [0.2, 0.25) is 0 Å². The maximum absolute atomic E-state index is 9.62. The lowest BCUT2D eigenvalue weighted by Crippen LogP contribution is -2.27. The summed E-state index contributed by atoms with van der Waals surface area (Å²) >= 11 is 0. The average Bonchev–Trinajstić information content (AvgIpc) is 3.02. The van der Waals surface area contributed by atoms with Gasteiger partial charge < -0.3 is 15.5 Å². The lowest BCUT2D eigenvalue weighted by atomic mass is 10.2. The van der Waals surface area contributed by atoms with E-state index in [0.29, 0.717) is 25.6 Å². The summed E-state index contributed by atoms with van der Waals surface area (Å²) < 4.78 is 1.61. The lowest BCUT2D eigenvalue weighted by molar-refractivity contribution is 0.148. The molecule has 1 aromatic heterocycles. The smallest absolute Gasteiger partial charge is 0.0964 e. The van der Waals surface area contributed by atoms with E-state index in [2.05, 4.69) is 15.6 Å². The van der Waals surface area contributed by atoms with Crippen LogP contribution in [0.5, 0.6) is 0 Å². The topological polar surface area (TPSA) is 83.2 Å². The molecule has 0 radical (unpaired) electrons. The fraction of sp³-hybridized carbons (Fsp3) is 0.800. The Kier molecular flexibility index (Phi) is 3.87. The first-order valence-electron chi connectivity index (χ1n) is 5.68. The molecule has 1 heterocycles. The summed E-state index contributed by atoms with van der Waals surface area (Å²) in [4.78, 5) is 0. The van der Waals surface area contributed by atoms with Gasteiger partial charge in [0.15, 0.2) is 0 Å². The van der Waals surface area contributed by atoms with Crippen LogP contribution in [-0.2, 0) is 13.1 Å². The lowest BCUT2D eigenvalue weighted by Gasteiger charge is -2.08. The highest BCUT2D eigenvalue weighted by molar-refractivity contribution is 4.92. The minimum absolute atomic E-state index is 0.0661. The molecular weight excluding hydrogens is 208 g/mol. The molecular formula is C10H18N4O2. The van der Waals surface area contributed by atoms with E-state index in [1.807, 2.05) is 0 Å². The van der Waals surface area contributed by atoms with Gasteiger partial charge in [-0.2, -0.15) is 0 Å². The fourth-order valence-corrected chi connectivity index (χ4v) is 1.63. The van der Waals surface area contributed by atoms with Crippen molar-refractivity contribution >= 4 is 0 Å². The number of aliphatic hydroxyl groups excluding tert-OH is 2. The molecule has 0 spiro atoms. The van der Waals surface area contributed by atoms with Gasteiger partial charge in [0.2, 0.25) is 0 Å². The van der Waals surface area contributed by atoms with Crippen LogP contribution in [0.3, 0.4) is 0 Å². The highest BCUT2D eigenvalue weighted by Gasteiger charge is 2.29. The number of aromatic nitrogens is 3. The van der Waals surface area contributed by atoms with Crippen molar-refractivity contribution in [3.63, 3.8) is 0 Å². The largest absolute Gasteiger partial charge is 0.394 e. The Hall–Kier alpha value is -0.980. The van der Waals surface area contributed by atoms with Crippen LogP contribution >= 0.6 is 0 Å². The van der Waals surface area contributed by atoms with Gasteiger partial charge in [-0.1, -0.05) is 5.21 Å². The van der Waals surface area contributed by atoms with Crippen LogP contribution in [0.1, 0.15) is 18.5 Å². The maximum atomic E-state index is 9.62. The van der Waals surface area contributed by atoms with Gasteiger partial charge in [0.05, 0.1) is 24.9 Å². The molecule has 1 saturated carbocycles. The number of hydrogen-bond donors (Lipinski definition) is 3. The van der Waals surface area contributed by atoms with Gasteiger partial charge in [0, 0.05) is 19.3 Å². The standard InChI is InChI=1S/C10H18N4O2/c15-4-3-14-7-9(12-13-14)5-11-6-10(16)8-1-2-8/h7-8,10-11,15-16H,1-6H2. The van der Waals surface area contributed by atoms with Crippen molar-refractivity contribution < 1.29 is 10.2 Å². The minimum Gasteiger partial charge on any atom is -0.394 e. The fourth-order valence-electron chi connectivity index (χ4n) is 1.63. The van der Waals surface area contributed by atoms with E-state index in [4.69, 9.17) is 5.11 Å². The van der Waals surface area contributed by atoms with E-state index < -0.39 is 0 Å². The van der Waals surface area contributed by atoms with Crippen molar-refractivity contribution in [2.24, 2.45) is 5.92 Å². The van der Waals surface area contributed by atoms with Gasteiger partial charge in [0.1, 0.15) is 0 Å². The Morgan fingerprint density at radius 1 is 1.56 bits per heavy atom. The molecule has 6 heteroatoms. The van der Waals surface area contributed by atoms with Crippen LogP contribution in [0.15, 0.2) is 6.20 Å². The molecule has 90 valence electrons. The first kappa shape index (κ1) is 11.5. The first-order chi connectivity index (χ1) is 7.79. The van der Waals surface area contributed by atoms with E-state index in [1.165, 1.54) is 0 Å². The van der Waals surface area contributed by atoms with Crippen LogP contribution in [0, 0.1) is 5.92 Å². The van der Waals surface area contributed by atoms with Gasteiger partial charge in [0.25, 0.3) is 0 Å². The Bertz CT molecular complexity index is 324. The molecule has 0 aliphatic heterocycles. The SMILES string of the molecule is OCCn1cc(CNCC(O)C2CC2)nn1. The Labute approximate surface area is 94.3 Å². The maximum Gasteiger partial charge on any atom is 0.0964 e. The van der Waals surface area contributed by atoms with Crippen molar-refractivity contribution in [1.82, 2.24) is 20.3 Å². The van der Waals surface area contributed by atoms with Gasteiger partial charge in [-0.15, -0.1) is 5.10 Å². The molecule has 1 aromatic rings. The summed E-state index contributed by atoms with van der Waals surface area (Å²) in [7, 11) is 0. The molecule has 1 atom stereocenters. The van der Waals surface area contributed by atoms with Crippen molar-refractivity contribution in [2.45, 2.75) is 32.0 Å². The van der Waals surface area contributed by atoms with E-state index in [-0.39, 0.29) is 12.7 Å². The summed E-state index contributed by atoms with van der Waals surface area (Å²) in [6.07, 6.45) is 3.87. The van der Waals surface area contributed by atoms with Crippen molar-refractivity contribution in [3.05, 3.63) is 11.9 Å². The van der Waals surface area contributed by atoms with Gasteiger partial charge in [-0.25, -0.2) is 4.68 Å². The van der Waals surface area contributed by atoms with Gasteiger partial charge >= 0.3 is 0 Å². The molecule has 6 nitrogen and oxygen atoms in total. The van der Waals surface area contributed by atoms with Crippen LogP contribution in [-0.4, -0.2) is 44.5 Å². The molecule has 2 rings (SSSR count). The Morgan fingerprint density at radius 2 is 2.38 bits per heavy atom. The van der Waals surface area contributed by atoms with E-state index >= 15 is 0 Å². The van der Waals surface area contributed by atoms with Gasteiger partial charge in [-0.05, 0) is 18.8 Å². The van der Waals surface area contributed by atoms with E-state index in [1.54, 1.807) is 10.9 Å². The molecule has 0 aromatic carbocycles. The Balaban J connectivity index is 1.67. The third-order valence-electron chi connectivity index (χ3n) is 2.74. The highest BCUT2D eigenvalue weighted by atomic mass is 16.3. The first-order valence-corrected chi connectivity index (χ1v) is 5.68. The number of nitrogens with zero attached hydrogens (tertiary/aromatic N) is 3. The second kappa shape index (κ2) is 5.38. The van der Waals surface area contributed by atoms with Crippen molar-refractivity contribution in [2.75, 3.05) is 13.2 Å². The minimum atomic E-state index is -0.229. The number of aliphatic hydroxyl groups is 2. The molecule has 0 saturated heterocycles. The zero-order valence-electron chi connectivity index (χ0n) is 9.21.